The zero-order chi connectivity index (χ0) is 13.5. The van der Waals surface area contributed by atoms with Crippen molar-refractivity contribution in [2.24, 2.45) is 5.73 Å². The summed E-state index contributed by atoms with van der Waals surface area (Å²) in [5.74, 6) is 1.31. The Balaban J connectivity index is 2.82. The minimum absolute atomic E-state index is 0.0527. The van der Waals surface area contributed by atoms with Crippen LogP contribution in [0.25, 0.3) is 0 Å². The summed E-state index contributed by atoms with van der Waals surface area (Å²) in [6.07, 6.45) is 0.383. The lowest BCUT2D eigenvalue weighted by Gasteiger charge is -2.16. The number of ether oxygens (including phenoxy) is 2. The maximum Gasteiger partial charge on any atom is 0.161 e. The lowest BCUT2D eigenvalue weighted by atomic mass is 10.0. The lowest BCUT2D eigenvalue weighted by Crippen LogP contribution is -2.14. The topological polar surface area (TPSA) is 84.6 Å². The first-order chi connectivity index (χ1) is 8.58. The van der Waals surface area contributed by atoms with Gasteiger partial charge < -0.3 is 19.8 Å². The molecule has 102 valence electrons. The van der Waals surface area contributed by atoms with Gasteiger partial charge in [-0.3, -0.25) is 4.21 Å². The lowest BCUT2D eigenvalue weighted by molar-refractivity contribution is 0.310. The molecule has 18 heavy (non-hydrogen) atoms. The first-order valence-electron chi connectivity index (χ1n) is 5.70. The van der Waals surface area contributed by atoms with E-state index in [1.54, 1.807) is 19.2 Å². The molecule has 2 atom stereocenters. The molecule has 1 aromatic carbocycles. The van der Waals surface area contributed by atoms with Gasteiger partial charge in [0.1, 0.15) is 0 Å². The molecule has 0 saturated heterocycles. The maximum absolute atomic E-state index is 10.5. The van der Waals surface area contributed by atoms with Crippen LogP contribution in [0, 0.1) is 0 Å². The van der Waals surface area contributed by atoms with Crippen molar-refractivity contribution in [2.45, 2.75) is 19.4 Å². The first kappa shape index (κ1) is 14.9. The van der Waals surface area contributed by atoms with E-state index in [0.29, 0.717) is 24.5 Å². The molecule has 0 spiro atoms. The third-order valence-electron chi connectivity index (χ3n) is 2.51. The minimum Gasteiger partial charge on any atom is -0.772 e. The Kier molecular flexibility index (Phi) is 6.11. The molecule has 6 heteroatoms. The van der Waals surface area contributed by atoms with Gasteiger partial charge in [0.05, 0.1) is 13.7 Å². The Labute approximate surface area is 110 Å². The molecule has 0 aliphatic rings. The van der Waals surface area contributed by atoms with Gasteiger partial charge in [0.2, 0.25) is 0 Å². The van der Waals surface area contributed by atoms with Crippen molar-refractivity contribution in [3.8, 4) is 11.5 Å². The maximum atomic E-state index is 10.5. The average molecular weight is 272 g/mol. The van der Waals surface area contributed by atoms with Crippen LogP contribution in [0.1, 0.15) is 24.9 Å². The van der Waals surface area contributed by atoms with Gasteiger partial charge in [0, 0.05) is 11.8 Å². The van der Waals surface area contributed by atoms with Crippen molar-refractivity contribution in [3.63, 3.8) is 0 Å². The highest BCUT2D eigenvalue weighted by Crippen LogP contribution is 2.30. The van der Waals surface area contributed by atoms with E-state index in [1.165, 1.54) is 0 Å². The van der Waals surface area contributed by atoms with E-state index in [-0.39, 0.29) is 11.8 Å². The van der Waals surface area contributed by atoms with E-state index in [1.807, 2.05) is 13.0 Å². The third kappa shape index (κ3) is 4.29. The molecule has 0 aliphatic carbocycles. The summed E-state index contributed by atoms with van der Waals surface area (Å²) < 4.78 is 31.6. The van der Waals surface area contributed by atoms with Gasteiger partial charge in [-0.1, -0.05) is 17.1 Å². The molecule has 0 aromatic heterocycles. The van der Waals surface area contributed by atoms with Crippen LogP contribution in [0.2, 0.25) is 0 Å². The van der Waals surface area contributed by atoms with Crippen LogP contribution in [-0.2, 0) is 11.1 Å². The second-order valence-corrected chi connectivity index (χ2v) is 4.76. The summed E-state index contributed by atoms with van der Waals surface area (Å²) in [4.78, 5) is 0. The number of hydrogen-bond donors (Lipinski definition) is 1. The molecular formula is C12H18NO4S-. The molecule has 0 fully saturated rings. The molecule has 0 aliphatic heterocycles. The van der Waals surface area contributed by atoms with Crippen LogP contribution < -0.4 is 15.2 Å². The third-order valence-corrected chi connectivity index (χ3v) is 3.08. The van der Waals surface area contributed by atoms with Crippen LogP contribution in [-0.4, -0.2) is 28.2 Å². The molecule has 1 unspecified atom stereocenters. The monoisotopic (exact) mass is 272 g/mol. The van der Waals surface area contributed by atoms with E-state index < -0.39 is 11.1 Å². The molecule has 0 heterocycles. The summed E-state index contributed by atoms with van der Waals surface area (Å²) in [6.45, 7) is 2.41. The van der Waals surface area contributed by atoms with Gasteiger partial charge in [0.25, 0.3) is 0 Å². The quantitative estimate of drug-likeness (QED) is 0.758. The van der Waals surface area contributed by atoms with E-state index in [2.05, 4.69) is 0 Å². The molecule has 0 amide bonds. The molecule has 1 aromatic rings. The van der Waals surface area contributed by atoms with Crippen LogP contribution in [0.15, 0.2) is 18.2 Å². The molecule has 0 radical (unpaired) electrons. The van der Waals surface area contributed by atoms with Crippen molar-refractivity contribution in [1.82, 2.24) is 0 Å². The Hall–Kier alpha value is -1.11. The van der Waals surface area contributed by atoms with Crippen molar-refractivity contribution >= 4 is 11.1 Å². The second-order valence-electron chi connectivity index (χ2n) is 3.75. The molecule has 0 saturated carbocycles. The van der Waals surface area contributed by atoms with Crippen molar-refractivity contribution < 1.29 is 18.2 Å². The molecule has 5 nitrogen and oxygen atoms in total. The highest BCUT2D eigenvalue weighted by atomic mass is 32.2. The summed E-state index contributed by atoms with van der Waals surface area (Å²) in [5.41, 5.74) is 6.77. The van der Waals surface area contributed by atoms with Crippen LogP contribution in [0.4, 0.5) is 0 Å². The number of rotatable bonds is 7. The van der Waals surface area contributed by atoms with Gasteiger partial charge in [-0.15, -0.1) is 0 Å². The van der Waals surface area contributed by atoms with Crippen LogP contribution in [0.5, 0.6) is 11.5 Å². The smallest absolute Gasteiger partial charge is 0.161 e. The summed E-state index contributed by atoms with van der Waals surface area (Å²) in [6, 6.07) is 5.06. The highest BCUT2D eigenvalue weighted by molar-refractivity contribution is 7.79. The fourth-order valence-electron chi connectivity index (χ4n) is 1.58. The van der Waals surface area contributed by atoms with E-state index in [9.17, 15) is 8.76 Å². The largest absolute Gasteiger partial charge is 0.772 e. The number of benzene rings is 1. The van der Waals surface area contributed by atoms with Gasteiger partial charge in [-0.05, 0) is 31.0 Å². The summed E-state index contributed by atoms with van der Waals surface area (Å²) in [5, 5.41) is 0. The molecule has 1 rings (SSSR count). The number of methoxy groups -OCH3 is 1. The standard InChI is InChI=1S/C12H19NO4S/c1-3-17-12-8-9(4-5-11(12)16-2)10(13)6-7-18(14)15/h4-5,8,10H,3,6-7,13H2,1-2H3,(H,14,15)/p-1/t10-/m0/s1. The van der Waals surface area contributed by atoms with Crippen molar-refractivity contribution in [1.29, 1.82) is 0 Å². The highest BCUT2D eigenvalue weighted by Gasteiger charge is 2.10. The predicted molar refractivity (Wildman–Crippen MR) is 69.5 cm³/mol. The summed E-state index contributed by atoms with van der Waals surface area (Å²) in [7, 11) is 1.57. The van der Waals surface area contributed by atoms with Crippen molar-refractivity contribution in [3.05, 3.63) is 23.8 Å². The SMILES string of the molecule is CCOc1cc([C@@H](N)CCS(=O)[O-])ccc1OC. The fourth-order valence-corrected chi connectivity index (χ4v) is 2.03. The number of hydrogen-bond acceptors (Lipinski definition) is 5. The normalized spacial score (nSPS) is 14.0. The van der Waals surface area contributed by atoms with E-state index in [0.717, 1.165) is 5.56 Å². The predicted octanol–water partition coefficient (Wildman–Crippen LogP) is 1.36. The van der Waals surface area contributed by atoms with Crippen LogP contribution >= 0.6 is 0 Å². The fraction of sp³-hybridized carbons (Fsp3) is 0.500. The molecule has 2 N–H and O–H groups in total. The minimum atomic E-state index is -2.06. The zero-order valence-electron chi connectivity index (χ0n) is 10.5. The van der Waals surface area contributed by atoms with Gasteiger partial charge >= 0.3 is 0 Å². The second kappa shape index (κ2) is 7.35. The van der Waals surface area contributed by atoms with E-state index in [4.69, 9.17) is 15.2 Å². The van der Waals surface area contributed by atoms with Crippen molar-refractivity contribution in [2.75, 3.05) is 19.5 Å². The summed E-state index contributed by atoms with van der Waals surface area (Å²) >= 11 is -2.06. The van der Waals surface area contributed by atoms with Crippen LogP contribution in [0.3, 0.4) is 0 Å². The molecular weight excluding hydrogens is 254 g/mol. The van der Waals surface area contributed by atoms with Gasteiger partial charge in [-0.25, -0.2) is 0 Å². The average Bonchev–Trinajstić information content (AvgIpc) is 2.36. The zero-order valence-corrected chi connectivity index (χ0v) is 11.4. The molecule has 0 bridgehead atoms. The Morgan fingerprint density at radius 1 is 1.44 bits per heavy atom. The number of nitrogens with two attached hydrogens (primary N) is 1. The Morgan fingerprint density at radius 2 is 2.17 bits per heavy atom. The Morgan fingerprint density at radius 3 is 2.72 bits per heavy atom. The van der Waals surface area contributed by atoms with E-state index >= 15 is 0 Å². The Bertz CT molecular complexity index is 411. The van der Waals surface area contributed by atoms with Gasteiger partial charge in [0.15, 0.2) is 11.5 Å². The first-order valence-corrected chi connectivity index (χ1v) is 6.95. The van der Waals surface area contributed by atoms with Gasteiger partial charge in [-0.2, -0.15) is 0 Å².